The Kier molecular flexibility index (Phi) is 7.57. The minimum absolute atomic E-state index is 0. The molecule has 3 saturated heterocycles. The first-order valence-electron chi connectivity index (χ1n) is 9.79. The van der Waals surface area contributed by atoms with Gasteiger partial charge in [0.05, 0.1) is 6.54 Å². The van der Waals surface area contributed by atoms with Crippen molar-refractivity contribution in [2.75, 3.05) is 63.9 Å². The van der Waals surface area contributed by atoms with Crippen molar-refractivity contribution in [2.45, 2.75) is 31.2 Å². The fourth-order valence-electron chi connectivity index (χ4n) is 4.34. The summed E-state index contributed by atoms with van der Waals surface area (Å²) in [7, 11) is 0. The number of rotatable bonds is 4. The monoisotopic (exact) mass is 506 g/mol. The summed E-state index contributed by atoms with van der Waals surface area (Å²) in [6.07, 6.45) is 6.62. The van der Waals surface area contributed by atoms with Crippen molar-refractivity contribution in [3.8, 4) is 0 Å². The molecule has 1 aromatic rings. The van der Waals surface area contributed by atoms with Gasteiger partial charge in [-0.15, -0.1) is 35.3 Å². The van der Waals surface area contributed by atoms with Gasteiger partial charge < -0.3 is 20.3 Å². The van der Waals surface area contributed by atoms with Gasteiger partial charge in [-0.1, -0.05) is 0 Å². The fraction of sp³-hybridized carbons (Fsp3) is 0.778. The maximum absolute atomic E-state index is 6.38. The molecular weight excluding hydrogens is 475 g/mol. The highest BCUT2D eigenvalue weighted by Gasteiger charge is 2.39. The summed E-state index contributed by atoms with van der Waals surface area (Å²) in [5.41, 5.74) is 6.54. The van der Waals surface area contributed by atoms with E-state index in [0.717, 1.165) is 63.9 Å². The topological polar surface area (TPSA) is 70.2 Å². The van der Waals surface area contributed by atoms with Crippen LogP contribution in [0.4, 0.5) is 5.13 Å². The third kappa shape index (κ3) is 4.86. The van der Waals surface area contributed by atoms with Crippen molar-refractivity contribution in [1.82, 2.24) is 14.8 Å². The van der Waals surface area contributed by atoms with Gasteiger partial charge in [-0.05, 0) is 38.8 Å². The summed E-state index contributed by atoms with van der Waals surface area (Å²) in [4.78, 5) is 16.5. The first-order chi connectivity index (χ1) is 12.8. The van der Waals surface area contributed by atoms with Crippen molar-refractivity contribution in [3.63, 3.8) is 0 Å². The van der Waals surface area contributed by atoms with Crippen LogP contribution < -0.4 is 10.6 Å². The van der Waals surface area contributed by atoms with E-state index in [1.165, 1.54) is 25.9 Å². The molecule has 2 N–H and O–H groups in total. The standard InChI is InChI=1S/C18H30N6OS.HI/c19-16(22-8-10-23(11-9-22)17-20-5-14-26-17)21-15-18(3-12-25-13-4-18)24-6-1-2-7-24;/h5,14H,1-4,6-13,15H2,(H2,19,21);1H. The highest BCUT2D eigenvalue weighted by atomic mass is 127. The second-order valence-corrected chi connectivity index (χ2v) is 8.37. The Morgan fingerprint density at radius 2 is 1.85 bits per heavy atom. The lowest BCUT2D eigenvalue weighted by atomic mass is 9.88. The Bertz CT molecular complexity index is 593. The molecule has 0 unspecified atom stereocenters. The van der Waals surface area contributed by atoms with Crippen molar-refractivity contribution in [3.05, 3.63) is 11.6 Å². The average molecular weight is 506 g/mol. The molecular formula is C18H31IN6OS. The van der Waals surface area contributed by atoms with Crippen LogP contribution >= 0.6 is 35.3 Å². The Balaban J connectivity index is 0.00000210. The van der Waals surface area contributed by atoms with Gasteiger partial charge in [-0.2, -0.15) is 0 Å². The lowest BCUT2D eigenvalue weighted by Crippen LogP contribution is -2.55. The molecule has 3 aliphatic heterocycles. The zero-order chi connectivity index (χ0) is 17.8. The maximum Gasteiger partial charge on any atom is 0.191 e. The molecule has 3 aliphatic rings. The predicted molar refractivity (Wildman–Crippen MR) is 121 cm³/mol. The molecule has 0 aromatic carbocycles. The SMILES string of the molecule is I.NC(=NCC1(N2CCCC2)CCOCC1)N1CCN(c2nccs2)CC1. The molecule has 9 heteroatoms. The van der Waals surface area contributed by atoms with E-state index in [-0.39, 0.29) is 29.5 Å². The molecule has 0 bridgehead atoms. The van der Waals surface area contributed by atoms with Gasteiger partial charge in [0.15, 0.2) is 11.1 Å². The number of anilines is 1. The Morgan fingerprint density at radius 3 is 2.48 bits per heavy atom. The second kappa shape index (κ2) is 9.71. The van der Waals surface area contributed by atoms with E-state index < -0.39 is 0 Å². The van der Waals surface area contributed by atoms with Crippen LogP contribution in [0.15, 0.2) is 16.6 Å². The van der Waals surface area contributed by atoms with Gasteiger partial charge in [0, 0.05) is 56.5 Å². The number of ether oxygens (including phenoxy) is 1. The smallest absolute Gasteiger partial charge is 0.191 e. The number of aromatic nitrogens is 1. The van der Waals surface area contributed by atoms with Gasteiger partial charge in [-0.25, -0.2) is 4.98 Å². The van der Waals surface area contributed by atoms with E-state index in [4.69, 9.17) is 15.5 Å². The number of halogens is 1. The summed E-state index contributed by atoms with van der Waals surface area (Å²) < 4.78 is 5.63. The molecule has 27 heavy (non-hydrogen) atoms. The minimum Gasteiger partial charge on any atom is -0.381 e. The van der Waals surface area contributed by atoms with Crippen molar-refractivity contribution >= 4 is 46.4 Å². The molecule has 0 radical (unpaired) electrons. The van der Waals surface area contributed by atoms with Crippen molar-refractivity contribution < 1.29 is 4.74 Å². The van der Waals surface area contributed by atoms with Crippen molar-refractivity contribution in [2.24, 2.45) is 10.7 Å². The lowest BCUT2D eigenvalue weighted by molar-refractivity contribution is -0.0139. The van der Waals surface area contributed by atoms with E-state index >= 15 is 0 Å². The lowest BCUT2D eigenvalue weighted by Gasteiger charge is -2.44. The van der Waals surface area contributed by atoms with Gasteiger partial charge in [0.25, 0.3) is 0 Å². The molecule has 0 spiro atoms. The van der Waals surface area contributed by atoms with Crippen LogP contribution in [-0.4, -0.2) is 85.3 Å². The Morgan fingerprint density at radius 1 is 1.15 bits per heavy atom. The van der Waals surface area contributed by atoms with Crippen LogP contribution in [0.5, 0.6) is 0 Å². The molecule has 0 aliphatic carbocycles. The minimum atomic E-state index is 0. The van der Waals surface area contributed by atoms with E-state index in [1.54, 1.807) is 11.3 Å². The third-order valence-electron chi connectivity index (χ3n) is 6.03. The van der Waals surface area contributed by atoms with Crippen LogP contribution in [0.2, 0.25) is 0 Å². The number of likely N-dealkylation sites (tertiary alicyclic amines) is 1. The largest absolute Gasteiger partial charge is 0.381 e. The molecule has 4 rings (SSSR count). The van der Waals surface area contributed by atoms with Gasteiger partial charge in [0.2, 0.25) is 0 Å². The normalized spacial score (nSPS) is 24.1. The van der Waals surface area contributed by atoms with E-state index in [0.29, 0.717) is 5.96 Å². The number of hydrogen-bond acceptors (Lipinski definition) is 6. The predicted octanol–water partition coefficient (Wildman–Crippen LogP) is 1.84. The quantitative estimate of drug-likeness (QED) is 0.382. The van der Waals surface area contributed by atoms with Gasteiger partial charge in [0.1, 0.15) is 0 Å². The second-order valence-electron chi connectivity index (χ2n) is 7.49. The Labute approximate surface area is 183 Å². The zero-order valence-corrected chi connectivity index (χ0v) is 19.0. The summed E-state index contributed by atoms with van der Waals surface area (Å²) in [6, 6.07) is 0. The molecule has 152 valence electrons. The summed E-state index contributed by atoms with van der Waals surface area (Å²) >= 11 is 1.70. The molecule has 4 heterocycles. The van der Waals surface area contributed by atoms with Gasteiger partial charge in [-0.3, -0.25) is 9.89 Å². The van der Waals surface area contributed by atoms with E-state index in [1.807, 2.05) is 11.6 Å². The molecule has 0 atom stereocenters. The summed E-state index contributed by atoms with van der Waals surface area (Å²) in [5, 5.41) is 3.14. The number of guanidine groups is 1. The third-order valence-corrected chi connectivity index (χ3v) is 6.86. The van der Waals surface area contributed by atoms with Crippen LogP contribution in [-0.2, 0) is 4.74 Å². The molecule has 7 nitrogen and oxygen atoms in total. The van der Waals surface area contributed by atoms with Crippen LogP contribution in [0.3, 0.4) is 0 Å². The average Bonchev–Trinajstić information content (AvgIpc) is 3.41. The van der Waals surface area contributed by atoms with Crippen LogP contribution in [0.1, 0.15) is 25.7 Å². The first kappa shape index (κ1) is 21.1. The summed E-state index contributed by atoms with van der Waals surface area (Å²) in [5.74, 6) is 0.703. The maximum atomic E-state index is 6.38. The molecule has 0 amide bonds. The highest BCUT2D eigenvalue weighted by Crippen LogP contribution is 2.31. The number of hydrogen-bond donors (Lipinski definition) is 1. The number of thiazole rings is 1. The molecule has 0 saturated carbocycles. The van der Waals surface area contributed by atoms with E-state index in [2.05, 4.69) is 19.7 Å². The number of nitrogens with zero attached hydrogens (tertiary/aromatic N) is 5. The Hall–Kier alpha value is -0.650. The zero-order valence-electron chi connectivity index (χ0n) is 15.9. The first-order valence-corrected chi connectivity index (χ1v) is 10.7. The highest BCUT2D eigenvalue weighted by molar-refractivity contribution is 14.0. The number of nitrogens with two attached hydrogens (primary N) is 1. The molecule has 3 fully saturated rings. The fourth-order valence-corrected chi connectivity index (χ4v) is 5.04. The van der Waals surface area contributed by atoms with E-state index in [9.17, 15) is 0 Å². The number of piperazine rings is 1. The number of aliphatic imine (C=N–C) groups is 1. The summed E-state index contributed by atoms with van der Waals surface area (Å²) in [6.45, 7) is 8.61. The molecule has 1 aromatic heterocycles. The van der Waals surface area contributed by atoms with Crippen LogP contribution in [0, 0.1) is 0 Å². The van der Waals surface area contributed by atoms with Gasteiger partial charge >= 0.3 is 0 Å². The van der Waals surface area contributed by atoms with Crippen molar-refractivity contribution in [1.29, 1.82) is 0 Å². The van der Waals surface area contributed by atoms with Crippen LogP contribution in [0.25, 0.3) is 0 Å².